The number of benzene rings is 1. The summed E-state index contributed by atoms with van der Waals surface area (Å²) in [4.78, 5) is 26.7. The lowest BCUT2D eigenvalue weighted by Gasteiger charge is -2.32. The number of thioether (sulfide) groups is 1. The van der Waals surface area contributed by atoms with Crippen LogP contribution in [0.1, 0.15) is 34.2 Å². The number of carbonyl (C=O) groups excluding carboxylic acids is 2. The summed E-state index contributed by atoms with van der Waals surface area (Å²) in [5.41, 5.74) is 1.95. The molecule has 1 aromatic carbocycles. The van der Waals surface area contributed by atoms with E-state index in [4.69, 9.17) is 4.74 Å². The second-order valence-electron chi connectivity index (χ2n) is 6.32. The van der Waals surface area contributed by atoms with Gasteiger partial charge in [0, 0.05) is 23.7 Å². The summed E-state index contributed by atoms with van der Waals surface area (Å²) in [6, 6.07) is 7.47. The van der Waals surface area contributed by atoms with Crippen molar-refractivity contribution in [3.05, 3.63) is 39.8 Å². The molecule has 0 spiro atoms. The second-order valence-corrected chi connectivity index (χ2v) is 8.53. The van der Waals surface area contributed by atoms with Gasteiger partial charge in [-0.3, -0.25) is 14.5 Å². The Labute approximate surface area is 172 Å². The molecular formula is C19H24N4O3S2. The van der Waals surface area contributed by atoms with Crippen molar-refractivity contribution in [1.82, 2.24) is 15.1 Å². The third kappa shape index (κ3) is 5.30. The van der Waals surface area contributed by atoms with Crippen molar-refractivity contribution >= 4 is 40.7 Å². The first-order valence-corrected chi connectivity index (χ1v) is 11.3. The van der Waals surface area contributed by atoms with E-state index in [9.17, 15) is 9.59 Å². The van der Waals surface area contributed by atoms with E-state index in [0.29, 0.717) is 28.9 Å². The van der Waals surface area contributed by atoms with Gasteiger partial charge in [-0.2, -0.15) is 11.8 Å². The van der Waals surface area contributed by atoms with Crippen LogP contribution in [-0.4, -0.2) is 57.7 Å². The molecule has 0 aliphatic carbocycles. The third-order valence-corrected chi connectivity index (χ3v) is 6.35. The summed E-state index contributed by atoms with van der Waals surface area (Å²) in [6.07, 6.45) is 0.954. The van der Waals surface area contributed by atoms with Crippen LogP contribution >= 0.6 is 23.1 Å². The molecule has 0 saturated carbocycles. The summed E-state index contributed by atoms with van der Waals surface area (Å²) in [7, 11) is 0. The minimum atomic E-state index is -0.281. The van der Waals surface area contributed by atoms with Crippen molar-refractivity contribution in [2.24, 2.45) is 0 Å². The Hall–Kier alpha value is -1.97. The molecular weight excluding hydrogens is 396 g/mol. The van der Waals surface area contributed by atoms with Crippen molar-refractivity contribution in [3.8, 4) is 0 Å². The predicted molar refractivity (Wildman–Crippen MR) is 112 cm³/mol. The zero-order valence-electron chi connectivity index (χ0n) is 16.0. The van der Waals surface area contributed by atoms with Crippen LogP contribution in [0, 0.1) is 0 Å². The lowest BCUT2D eigenvalue weighted by atomic mass is 10.1. The molecule has 150 valence electrons. The number of hydrogen-bond donors (Lipinski definition) is 1. The molecule has 1 aromatic heterocycles. The number of aromatic nitrogens is 2. The summed E-state index contributed by atoms with van der Waals surface area (Å²) in [6.45, 7) is 5.53. The fourth-order valence-corrected chi connectivity index (χ4v) is 4.74. The fraction of sp³-hybridized carbons (Fsp3) is 0.474. The maximum atomic E-state index is 12.4. The Bertz CT molecular complexity index is 810. The highest BCUT2D eigenvalue weighted by atomic mass is 32.2. The molecule has 1 fully saturated rings. The van der Waals surface area contributed by atoms with E-state index in [0.717, 1.165) is 24.4 Å². The van der Waals surface area contributed by atoms with Crippen LogP contribution in [0.15, 0.2) is 24.3 Å². The molecule has 1 aliphatic heterocycles. The van der Waals surface area contributed by atoms with Crippen LogP contribution in [0.2, 0.25) is 0 Å². The van der Waals surface area contributed by atoms with Gasteiger partial charge >= 0.3 is 5.97 Å². The van der Waals surface area contributed by atoms with Crippen molar-refractivity contribution in [2.75, 3.05) is 30.0 Å². The average molecular weight is 421 g/mol. The maximum Gasteiger partial charge on any atom is 0.324 e. The molecule has 1 N–H and O–H groups in total. The van der Waals surface area contributed by atoms with Gasteiger partial charge in [-0.15, -0.1) is 10.2 Å². The van der Waals surface area contributed by atoms with Gasteiger partial charge in [-0.25, -0.2) is 0 Å². The number of ether oxygens (including phenoxy) is 1. The van der Waals surface area contributed by atoms with Crippen LogP contribution in [0.5, 0.6) is 0 Å². The number of aryl methyl sites for hydroxylation is 1. The van der Waals surface area contributed by atoms with E-state index in [-0.39, 0.29) is 17.9 Å². The Morgan fingerprint density at radius 1 is 1.25 bits per heavy atom. The number of nitrogens with zero attached hydrogens (tertiary/aromatic N) is 3. The van der Waals surface area contributed by atoms with Crippen molar-refractivity contribution in [3.63, 3.8) is 0 Å². The molecule has 1 atom stereocenters. The Kier molecular flexibility index (Phi) is 7.41. The highest BCUT2D eigenvalue weighted by Gasteiger charge is 2.31. The number of esters is 1. The molecule has 1 amide bonds. The molecule has 28 heavy (non-hydrogen) atoms. The van der Waals surface area contributed by atoms with Crippen LogP contribution in [0.4, 0.5) is 5.69 Å². The second kappa shape index (κ2) is 9.99. The molecule has 0 bridgehead atoms. The summed E-state index contributed by atoms with van der Waals surface area (Å²) in [5.74, 6) is 1.19. The maximum absolute atomic E-state index is 12.4. The number of anilines is 1. The summed E-state index contributed by atoms with van der Waals surface area (Å²) >= 11 is 3.00. The standard InChI is InChI=1S/C19H24N4O3S2/c1-3-13-5-7-14(8-6-13)20-17(24)18-22-21-16(28-18)11-23-9-10-27-12-15(23)19(25)26-4-2/h5-8,15H,3-4,9-12H2,1-2H3,(H,20,24). The number of nitrogens with one attached hydrogen (secondary N) is 1. The highest BCUT2D eigenvalue weighted by molar-refractivity contribution is 7.99. The lowest BCUT2D eigenvalue weighted by molar-refractivity contribution is -0.148. The van der Waals surface area contributed by atoms with Crippen LogP contribution < -0.4 is 5.32 Å². The van der Waals surface area contributed by atoms with Crippen molar-refractivity contribution < 1.29 is 14.3 Å². The van der Waals surface area contributed by atoms with E-state index < -0.39 is 0 Å². The normalized spacial score (nSPS) is 17.3. The quantitative estimate of drug-likeness (QED) is 0.690. The Morgan fingerprint density at radius 3 is 2.75 bits per heavy atom. The minimum absolute atomic E-state index is 0.201. The van der Waals surface area contributed by atoms with Gasteiger partial charge < -0.3 is 10.1 Å². The van der Waals surface area contributed by atoms with E-state index in [1.807, 2.05) is 31.2 Å². The topological polar surface area (TPSA) is 84.4 Å². The molecule has 1 aliphatic rings. The SMILES string of the molecule is CCOC(=O)C1CSCCN1Cc1nnc(C(=O)Nc2ccc(CC)cc2)s1. The van der Waals surface area contributed by atoms with E-state index >= 15 is 0 Å². The predicted octanol–water partition coefficient (Wildman–Crippen LogP) is 2.83. The van der Waals surface area contributed by atoms with Crippen LogP contribution in [0.3, 0.4) is 0 Å². The minimum Gasteiger partial charge on any atom is -0.465 e. The first kappa shape index (κ1) is 20.8. The van der Waals surface area contributed by atoms with E-state index in [1.165, 1.54) is 16.9 Å². The molecule has 7 nitrogen and oxygen atoms in total. The first-order valence-electron chi connectivity index (χ1n) is 9.31. The van der Waals surface area contributed by atoms with Crippen molar-refractivity contribution in [1.29, 1.82) is 0 Å². The van der Waals surface area contributed by atoms with Gasteiger partial charge in [0.1, 0.15) is 11.0 Å². The highest BCUT2D eigenvalue weighted by Crippen LogP contribution is 2.22. The number of carbonyl (C=O) groups is 2. The monoisotopic (exact) mass is 420 g/mol. The summed E-state index contributed by atoms with van der Waals surface area (Å²) < 4.78 is 5.18. The molecule has 1 saturated heterocycles. The largest absolute Gasteiger partial charge is 0.465 e. The van der Waals surface area contributed by atoms with Crippen LogP contribution in [-0.2, 0) is 22.5 Å². The third-order valence-electron chi connectivity index (χ3n) is 4.42. The van der Waals surface area contributed by atoms with Crippen LogP contribution in [0.25, 0.3) is 0 Å². The van der Waals surface area contributed by atoms with Gasteiger partial charge in [0.2, 0.25) is 5.01 Å². The van der Waals surface area contributed by atoms with Gasteiger partial charge in [-0.1, -0.05) is 30.4 Å². The van der Waals surface area contributed by atoms with Gasteiger partial charge in [0.25, 0.3) is 5.91 Å². The van der Waals surface area contributed by atoms with Gasteiger partial charge in [0.15, 0.2) is 0 Å². The average Bonchev–Trinajstić information content (AvgIpc) is 3.18. The van der Waals surface area contributed by atoms with E-state index in [1.54, 1.807) is 11.8 Å². The number of hydrogen-bond acceptors (Lipinski definition) is 8. The van der Waals surface area contributed by atoms with E-state index in [2.05, 4.69) is 27.3 Å². The fourth-order valence-electron chi connectivity index (χ4n) is 2.87. The van der Waals surface area contributed by atoms with Gasteiger partial charge in [0.05, 0.1) is 13.2 Å². The molecule has 2 aromatic rings. The van der Waals surface area contributed by atoms with Crippen molar-refractivity contribution in [2.45, 2.75) is 32.9 Å². The molecule has 3 rings (SSSR count). The Balaban J connectivity index is 1.62. The van der Waals surface area contributed by atoms with Gasteiger partial charge in [-0.05, 0) is 31.0 Å². The zero-order valence-corrected chi connectivity index (χ0v) is 17.6. The summed E-state index contributed by atoms with van der Waals surface area (Å²) in [5, 5.41) is 12.1. The molecule has 2 heterocycles. The number of rotatable bonds is 7. The molecule has 1 unspecified atom stereocenters. The first-order chi connectivity index (χ1) is 13.6. The Morgan fingerprint density at radius 2 is 2.04 bits per heavy atom. The smallest absolute Gasteiger partial charge is 0.324 e. The zero-order chi connectivity index (χ0) is 19.9. The molecule has 9 heteroatoms. The molecule has 0 radical (unpaired) electrons. The number of amides is 1. The lowest BCUT2D eigenvalue weighted by Crippen LogP contribution is -2.47.